The van der Waals surface area contributed by atoms with Crippen molar-refractivity contribution in [3.05, 3.63) is 29.3 Å². The van der Waals surface area contributed by atoms with Gasteiger partial charge < -0.3 is 15.6 Å². The highest BCUT2D eigenvalue weighted by Crippen LogP contribution is 2.21. The molecule has 0 saturated carbocycles. The molecule has 1 heterocycles. The van der Waals surface area contributed by atoms with Crippen molar-refractivity contribution in [1.29, 1.82) is 0 Å². The standard InChI is InChI=1S/C14H22N2O2/c1-18-14-7-11(4-5-12(14)8-15)9-16-6-2-3-13(17)10-16/h4-5,7,13,17H,2-3,6,8-10,15H2,1H3. The Hall–Kier alpha value is -1.10. The first-order valence-corrected chi connectivity index (χ1v) is 6.49. The number of β-amino-alcohol motifs (C(OH)–C–C–N with tert-alkyl or cyclic N) is 1. The van der Waals surface area contributed by atoms with E-state index in [1.807, 2.05) is 12.1 Å². The summed E-state index contributed by atoms with van der Waals surface area (Å²) in [5.41, 5.74) is 7.89. The van der Waals surface area contributed by atoms with E-state index in [4.69, 9.17) is 10.5 Å². The minimum Gasteiger partial charge on any atom is -0.496 e. The van der Waals surface area contributed by atoms with Crippen molar-refractivity contribution >= 4 is 0 Å². The van der Waals surface area contributed by atoms with Crippen molar-refractivity contribution in [3.63, 3.8) is 0 Å². The molecule has 1 aliphatic heterocycles. The summed E-state index contributed by atoms with van der Waals surface area (Å²) in [5, 5.41) is 9.66. The highest BCUT2D eigenvalue weighted by molar-refractivity contribution is 5.37. The predicted octanol–water partition coefficient (Wildman–Crippen LogP) is 1.11. The van der Waals surface area contributed by atoms with Crippen LogP contribution in [0.4, 0.5) is 0 Å². The second-order valence-electron chi connectivity index (χ2n) is 4.88. The summed E-state index contributed by atoms with van der Waals surface area (Å²) in [7, 11) is 1.67. The first-order valence-electron chi connectivity index (χ1n) is 6.49. The molecule has 0 bridgehead atoms. The van der Waals surface area contributed by atoms with E-state index in [-0.39, 0.29) is 6.10 Å². The number of nitrogens with two attached hydrogens (primary N) is 1. The van der Waals surface area contributed by atoms with Crippen LogP contribution in [0.25, 0.3) is 0 Å². The van der Waals surface area contributed by atoms with Gasteiger partial charge >= 0.3 is 0 Å². The van der Waals surface area contributed by atoms with Crippen LogP contribution in [0.15, 0.2) is 18.2 Å². The normalized spacial score (nSPS) is 20.9. The third kappa shape index (κ3) is 3.22. The van der Waals surface area contributed by atoms with Crippen molar-refractivity contribution in [3.8, 4) is 5.75 Å². The summed E-state index contributed by atoms with van der Waals surface area (Å²) in [6.45, 7) is 3.17. The zero-order valence-electron chi connectivity index (χ0n) is 10.9. The molecule has 0 aromatic heterocycles. The van der Waals surface area contributed by atoms with Crippen LogP contribution in [0.5, 0.6) is 5.75 Å². The van der Waals surface area contributed by atoms with E-state index in [9.17, 15) is 5.11 Å². The molecule has 1 atom stereocenters. The quantitative estimate of drug-likeness (QED) is 0.840. The Balaban J connectivity index is 2.04. The van der Waals surface area contributed by atoms with Crippen LogP contribution in [0.1, 0.15) is 24.0 Å². The lowest BCUT2D eigenvalue weighted by atomic mass is 10.1. The smallest absolute Gasteiger partial charge is 0.123 e. The lowest BCUT2D eigenvalue weighted by Gasteiger charge is -2.30. The molecular formula is C14H22N2O2. The van der Waals surface area contributed by atoms with E-state index in [0.29, 0.717) is 6.54 Å². The number of methoxy groups -OCH3 is 1. The van der Waals surface area contributed by atoms with Crippen LogP contribution >= 0.6 is 0 Å². The van der Waals surface area contributed by atoms with E-state index in [2.05, 4.69) is 11.0 Å². The van der Waals surface area contributed by atoms with E-state index in [0.717, 1.165) is 43.8 Å². The summed E-state index contributed by atoms with van der Waals surface area (Å²) < 4.78 is 5.34. The van der Waals surface area contributed by atoms with Crippen LogP contribution in [-0.4, -0.2) is 36.3 Å². The summed E-state index contributed by atoms with van der Waals surface area (Å²) in [5.74, 6) is 0.854. The summed E-state index contributed by atoms with van der Waals surface area (Å²) in [6, 6.07) is 6.16. The van der Waals surface area contributed by atoms with Crippen molar-refractivity contribution in [1.82, 2.24) is 4.90 Å². The largest absolute Gasteiger partial charge is 0.496 e. The maximum atomic E-state index is 9.66. The van der Waals surface area contributed by atoms with Gasteiger partial charge in [-0.15, -0.1) is 0 Å². The number of hydrogen-bond acceptors (Lipinski definition) is 4. The van der Waals surface area contributed by atoms with Gasteiger partial charge in [-0.2, -0.15) is 0 Å². The molecule has 0 spiro atoms. The average Bonchev–Trinajstić information content (AvgIpc) is 2.38. The molecule has 1 unspecified atom stereocenters. The number of hydrogen-bond donors (Lipinski definition) is 2. The van der Waals surface area contributed by atoms with Crippen molar-refractivity contribution in [2.45, 2.75) is 32.0 Å². The lowest BCUT2D eigenvalue weighted by Crippen LogP contribution is -2.37. The second kappa shape index (κ2) is 6.18. The van der Waals surface area contributed by atoms with Crippen molar-refractivity contribution in [2.24, 2.45) is 5.73 Å². The van der Waals surface area contributed by atoms with Gasteiger partial charge in [0.1, 0.15) is 5.75 Å². The van der Waals surface area contributed by atoms with Gasteiger partial charge in [0.05, 0.1) is 13.2 Å². The van der Waals surface area contributed by atoms with Crippen LogP contribution in [-0.2, 0) is 13.1 Å². The number of ether oxygens (including phenoxy) is 1. The minimum absolute atomic E-state index is 0.177. The van der Waals surface area contributed by atoms with Gasteiger partial charge in [0, 0.05) is 25.2 Å². The third-order valence-corrected chi connectivity index (χ3v) is 3.46. The Bertz CT molecular complexity index is 395. The molecule has 4 nitrogen and oxygen atoms in total. The number of piperidine rings is 1. The maximum absolute atomic E-state index is 9.66. The molecule has 1 aliphatic rings. The van der Waals surface area contributed by atoms with Gasteiger partial charge in [-0.05, 0) is 31.0 Å². The Morgan fingerprint density at radius 2 is 2.33 bits per heavy atom. The Kier molecular flexibility index (Phi) is 4.58. The zero-order chi connectivity index (χ0) is 13.0. The Morgan fingerprint density at radius 3 is 3.00 bits per heavy atom. The number of benzene rings is 1. The second-order valence-corrected chi connectivity index (χ2v) is 4.88. The maximum Gasteiger partial charge on any atom is 0.123 e. The topological polar surface area (TPSA) is 58.7 Å². The Labute approximate surface area is 108 Å². The summed E-state index contributed by atoms with van der Waals surface area (Å²) in [6.07, 6.45) is 1.81. The van der Waals surface area contributed by atoms with E-state index < -0.39 is 0 Å². The van der Waals surface area contributed by atoms with Crippen molar-refractivity contribution < 1.29 is 9.84 Å². The molecule has 4 heteroatoms. The van der Waals surface area contributed by atoms with Gasteiger partial charge in [0.15, 0.2) is 0 Å². The van der Waals surface area contributed by atoms with E-state index >= 15 is 0 Å². The molecule has 3 N–H and O–H groups in total. The van der Waals surface area contributed by atoms with Crippen LogP contribution in [0, 0.1) is 0 Å². The lowest BCUT2D eigenvalue weighted by molar-refractivity contribution is 0.0668. The zero-order valence-corrected chi connectivity index (χ0v) is 10.9. The SMILES string of the molecule is COc1cc(CN2CCCC(O)C2)ccc1CN. The van der Waals surface area contributed by atoms with Crippen LogP contribution in [0.2, 0.25) is 0 Å². The molecule has 0 amide bonds. The number of nitrogens with zero attached hydrogens (tertiary/aromatic N) is 1. The molecule has 1 fully saturated rings. The third-order valence-electron chi connectivity index (χ3n) is 3.46. The molecule has 0 radical (unpaired) electrons. The van der Waals surface area contributed by atoms with Crippen molar-refractivity contribution in [2.75, 3.05) is 20.2 Å². The van der Waals surface area contributed by atoms with Gasteiger partial charge in [-0.3, -0.25) is 4.90 Å². The average molecular weight is 250 g/mol. The monoisotopic (exact) mass is 250 g/mol. The minimum atomic E-state index is -0.177. The van der Waals surface area contributed by atoms with Crippen LogP contribution < -0.4 is 10.5 Å². The summed E-state index contributed by atoms with van der Waals surface area (Å²) in [4.78, 5) is 2.28. The number of aliphatic hydroxyl groups is 1. The molecule has 0 aliphatic carbocycles. The molecule has 2 rings (SSSR count). The number of rotatable bonds is 4. The molecule has 100 valence electrons. The molecule has 1 saturated heterocycles. The van der Waals surface area contributed by atoms with E-state index in [1.165, 1.54) is 5.56 Å². The fourth-order valence-corrected chi connectivity index (χ4v) is 2.49. The highest BCUT2D eigenvalue weighted by atomic mass is 16.5. The van der Waals surface area contributed by atoms with Gasteiger partial charge in [0.25, 0.3) is 0 Å². The van der Waals surface area contributed by atoms with Crippen LogP contribution in [0.3, 0.4) is 0 Å². The fourth-order valence-electron chi connectivity index (χ4n) is 2.49. The first kappa shape index (κ1) is 13.3. The highest BCUT2D eigenvalue weighted by Gasteiger charge is 2.17. The van der Waals surface area contributed by atoms with E-state index in [1.54, 1.807) is 7.11 Å². The van der Waals surface area contributed by atoms with Gasteiger partial charge in [-0.25, -0.2) is 0 Å². The summed E-state index contributed by atoms with van der Waals surface area (Å²) >= 11 is 0. The van der Waals surface area contributed by atoms with Gasteiger partial charge in [0.2, 0.25) is 0 Å². The molecule has 1 aromatic rings. The molecular weight excluding hydrogens is 228 g/mol. The predicted molar refractivity (Wildman–Crippen MR) is 71.4 cm³/mol. The Morgan fingerprint density at radius 1 is 1.50 bits per heavy atom. The number of likely N-dealkylation sites (tertiary alicyclic amines) is 1. The first-order chi connectivity index (χ1) is 8.72. The molecule has 1 aromatic carbocycles. The number of aliphatic hydroxyl groups excluding tert-OH is 1. The molecule has 18 heavy (non-hydrogen) atoms. The fraction of sp³-hybridized carbons (Fsp3) is 0.571. The van der Waals surface area contributed by atoms with Gasteiger partial charge in [-0.1, -0.05) is 12.1 Å².